The second kappa shape index (κ2) is 2.97. The van der Waals surface area contributed by atoms with Gasteiger partial charge in [0, 0.05) is 14.1 Å². The highest BCUT2D eigenvalue weighted by atomic mass is 79.9. The highest BCUT2D eigenvalue weighted by molar-refractivity contribution is 9.10. The topological polar surface area (TPSA) is 17.1 Å². The molecule has 2 heteroatoms. The van der Waals surface area contributed by atoms with Crippen LogP contribution in [0.4, 0.5) is 0 Å². The van der Waals surface area contributed by atoms with Gasteiger partial charge in [-0.05, 0) is 18.9 Å². The van der Waals surface area contributed by atoms with Crippen molar-refractivity contribution in [1.29, 1.82) is 0 Å². The molecule has 0 N–H and O–H groups in total. The lowest BCUT2D eigenvalue weighted by Gasteiger charge is -1.92. The average Bonchev–Trinajstić information content (AvgIpc) is 2.18. The molecule has 0 aliphatic carbocycles. The predicted molar refractivity (Wildman–Crippen MR) is 44.1 cm³/mol. The van der Waals surface area contributed by atoms with Gasteiger partial charge in [-0.1, -0.05) is 28.0 Å². The molecule has 1 rings (SSSR count). The van der Waals surface area contributed by atoms with E-state index in [1.807, 2.05) is 0 Å². The van der Waals surface area contributed by atoms with Crippen LogP contribution in [0.3, 0.4) is 0 Å². The standard InChI is InChI=1S/C8H7BrO/c1-6(10)7-2-4-8(9)5-3-7/h2-5H,1H3/i1D3,2D,4D,5D. The smallest absolute Gasteiger partial charge is 0.159 e. The number of hydrogen-bond acceptors (Lipinski definition) is 1. The van der Waals surface area contributed by atoms with E-state index >= 15 is 0 Å². The monoisotopic (exact) mass is 204 g/mol. The van der Waals surface area contributed by atoms with Crippen LogP contribution in [0.5, 0.6) is 0 Å². The lowest BCUT2D eigenvalue weighted by molar-refractivity contribution is 0.101. The van der Waals surface area contributed by atoms with Gasteiger partial charge >= 0.3 is 0 Å². The Kier molecular flexibility index (Phi) is 0.826. The normalized spacial score (nSPS) is 19.3. The van der Waals surface area contributed by atoms with Crippen molar-refractivity contribution in [3.8, 4) is 0 Å². The molecular formula is C8H7BrO. The van der Waals surface area contributed by atoms with Crippen molar-refractivity contribution in [3.63, 3.8) is 0 Å². The van der Waals surface area contributed by atoms with Crippen molar-refractivity contribution >= 4 is 21.7 Å². The summed E-state index contributed by atoms with van der Waals surface area (Å²) in [5.41, 5.74) is -0.418. The van der Waals surface area contributed by atoms with Crippen LogP contribution in [0.1, 0.15) is 25.4 Å². The third kappa shape index (κ3) is 1.67. The second-order valence-corrected chi connectivity index (χ2v) is 2.39. The van der Waals surface area contributed by atoms with Crippen LogP contribution in [0.25, 0.3) is 0 Å². The zero-order valence-electron chi connectivity index (χ0n) is 10.9. The summed E-state index contributed by atoms with van der Waals surface area (Å²) in [6.07, 6.45) is 0. The maximum absolute atomic E-state index is 11.4. The molecular weight excluding hydrogens is 192 g/mol. The van der Waals surface area contributed by atoms with E-state index in [9.17, 15) is 4.79 Å². The van der Waals surface area contributed by atoms with Gasteiger partial charge in [-0.15, -0.1) is 0 Å². The second-order valence-electron chi connectivity index (χ2n) is 1.60. The van der Waals surface area contributed by atoms with Crippen LogP contribution in [-0.4, -0.2) is 5.78 Å². The molecule has 52 valence electrons. The first kappa shape index (κ1) is 2.78. The molecule has 0 bridgehead atoms. The van der Waals surface area contributed by atoms with E-state index in [0.717, 1.165) is 6.07 Å². The molecule has 0 unspecified atom stereocenters. The largest absolute Gasteiger partial charge is 0.295 e. The maximum atomic E-state index is 11.4. The molecule has 0 spiro atoms. The Hall–Kier alpha value is -0.630. The molecule has 0 atom stereocenters. The summed E-state index contributed by atoms with van der Waals surface area (Å²) in [4.78, 5) is 11.4. The molecule has 0 radical (unpaired) electrons. The van der Waals surface area contributed by atoms with Gasteiger partial charge in [0.25, 0.3) is 0 Å². The number of ketones is 1. The summed E-state index contributed by atoms with van der Waals surface area (Å²) in [6.45, 7) is -2.86. The summed E-state index contributed by atoms with van der Waals surface area (Å²) >= 11 is 2.92. The van der Waals surface area contributed by atoms with Gasteiger partial charge in [0.2, 0.25) is 0 Å². The fraction of sp³-hybridized carbons (Fsp3) is 0.125. The minimum Gasteiger partial charge on any atom is -0.295 e. The first-order valence-electron chi connectivity index (χ1n) is 5.47. The molecule has 0 heterocycles. The third-order valence-corrected chi connectivity index (χ3v) is 1.32. The van der Waals surface area contributed by atoms with Crippen molar-refractivity contribution in [2.24, 2.45) is 0 Å². The summed E-state index contributed by atoms with van der Waals surface area (Å²) in [6, 6.07) is -0.0446. The van der Waals surface area contributed by atoms with E-state index in [0.29, 0.717) is 0 Å². The number of hydrogen-bond donors (Lipinski definition) is 0. The van der Waals surface area contributed by atoms with Crippen LogP contribution >= 0.6 is 15.9 Å². The maximum Gasteiger partial charge on any atom is 0.159 e. The molecule has 0 aromatic heterocycles. The van der Waals surface area contributed by atoms with E-state index in [4.69, 9.17) is 8.22 Å². The Labute approximate surface area is 76.6 Å². The third-order valence-electron chi connectivity index (χ3n) is 0.895. The highest BCUT2D eigenvalue weighted by Crippen LogP contribution is 2.10. The van der Waals surface area contributed by atoms with Gasteiger partial charge in [0.15, 0.2) is 5.78 Å². The minimum atomic E-state index is -2.86. The zero-order chi connectivity index (χ0) is 12.7. The average molecular weight is 205 g/mol. The molecule has 1 nitrogen and oxygen atoms in total. The van der Waals surface area contributed by atoms with Crippen molar-refractivity contribution in [3.05, 3.63) is 34.2 Å². The Bertz CT molecular complexity index is 453. The van der Waals surface area contributed by atoms with Gasteiger partial charge in [-0.25, -0.2) is 0 Å². The van der Waals surface area contributed by atoms with E-state index in [1.165, 1.54) is 0 Å². The lowest BCUT2D eigenvalue weighted by Crippen LogP contribution is -1.89. The number of rotatable bonds is 1. The fourth-order valence-corrected chi connectivity index (χ4v) is 0.666. The van der Waals surface area contributed by atoms with Gasteiger partial charge in [0.05, 0.1) is 4.11 Å². The molecule has 1 aromatic carbocycles. The molecule has 10 heavy (non-hydrogen) atoms. The van der Waals surface area contributed by atoms with Gasteiger partial charge in [-0.2, -0.15) is 0 Å². The van der Waals surface area contributed by atoms with Crippen LogP contribution in [0.15, 0.2) is 28.7 Å². The van der Waals surface area contributed by atoms with Crippen molar-refractivity contribution in [1.82, 2.24) is 0 Å². The molecule has 1 aromatic rings. The van der Waals surface area contributed by atoms with Crippen molar-refractivity contribution in [2.45, 2.75) is 6.85 Å². The van der Waals surface area contributed by atoms with Crippen molar-refractivity contribution < 1.29 is 13.0 Å². The number of carbonyl (C=O) groups excluding carboxylic acids is 1. The van der Waals surface area contributed by atoms with Gasteiger partial charge in [0.1, 0.15) is 0 Å². The first-order valence-corrected chi connectivity index (χ1v) is 3.26. The number of Topliss-reactive ketones (excluding diaryl/α,β-unsaturated/α-hetero) is 1. The van der Waals surface area contributed by atoms with Crippen LogP contribution in [0.2, 0.25) is 0 Å². The Morgan fingerprint density at radius 2 is 2.50 bits per heavy atom. The highest BCUT2D eigenvalue weighted by Gasteiger charge is 1.95. The van der Waals surface area contributed by atoms with Gasteiger partial charge in [-0.3, -0.25) is 4.79 Å². The SMILES string of the molecule is [2H]c1cc(C(=O)C([2H])([2H])[2H])c([2H])c([2H])c1Br. The van der Waals surface area contributed by atoms with Crippen molar-refractivity contribution in [2.75, 3.05) is 0 Å². The van der Waals surface area contributed by atoms with Gasteiger partial charge < -0.3 is 0 Å². The summed E-state index contributed by atoms with van der Waals surface area (Å²) in [5.74, 6) is -1.22. The molecule has 0 saturated heterocycles. The first-order chi connectivity index (χ1) is 7.16. The summed E-state index contributed by atoms with van der Waals surface area (Å²) < 4.78 is 43.2. The van der Waals surface area contributed by atoms with E-state index in [2.05, 4.69) is 15.9 Å². The molecule has 0 aliphatic rings. The van der Waals surface area contributed by atoms with Crippen LogP contribution in [-0.2, 0) is 0 Å². The van der Waals surface area contributed by atoms with E-state index in [1.54, 1.807) is 0 Å². The molecule has 0 saturated carbocycles. The van der Waals surface area contributed by atoms with E-state index in [-0.39, 0.29) is 16.6 Å². The predicted octanol–water partition coefficient (Wildman–Crippen LogP) is 2.65. The Balaban J connectivity index is 3.43. The molecule has 0 fully saturated rings. The summed E-state index contributed by atoms with van der Waals surface area (Å²) in [5, 5.41) is 0. The number of benzene rings is 1. The summed E-state index contributed by atoms with van der Waals surface area (Å²) in [7, 11) is 0. The Morgan fingerprint density at radius 3 is 3.20 bits per heavy atom. The quantitative estimate of drug-likeness (QED) is 0.644. The van der Waals surface area contributed by atoms with Crippen LogP contribution in [0, 0.1) is 0 Å². The number of carbonyl (C=O) groups is 1. The van der Waals surface area contributed by atoms with Crippen LogP contribution < -0.4 is 0 Å². The number of halogens is 1. The Morgan fingerprint density at radius 1 is 1.70 bits per heavy atom. The fourth-order valence-electron chi connectivity index (χ4n) is 0.452. The molecule has 0 aliphatic heterocycles. The lowest BCUT2D eigenvalue weighted by atomic mass is 10.2. The minimum absolute atomic E-state index is 0.0691. The van der Waals surface area contributed by atoms with E-state index < -0.39 is 24.2 Å². The zero-order valence-corrected chi connectivity index (χ0v) is 6.45. The molecule has 0 amide bonds.